The van der Waals surface area contributed by atoms with Crippen molar-refractivity contribution >= 4 is 29.3 Å². The normalized spacial score (nSPS) is 27.4. The number of ether oxygens (including phenoxy) is 2. The van der Waals surface area contributed by atoms with Gasteiger partial charge in [0.2, 0.25) is 0 Å². The minimum Gasteiger partial charge on any atom is -0.438 e. The number of allylic oxidation sites excluding steroid dienone is 6. The number of amides is 2. The predicted octanol–water partition coefficient (Wildman–Crippen LogP) is 8.82. The summed E-state index contributed by atoms with van der Waals surface area (Å²) >= 11 is 0. The van der Waals surface area contributed by atoms with Gasteiger partial charge in [-0.25, -0.2) is 19.6 Å². The van der Waals surface area contributed by atoms with Gasteiger partial charge in [-0.1, -0.05) is 52.8 Å². The van der Waals surface area contributed by atoms with Crippen LogP contribution >= 0.6 is 0 Å². The molecule has 2 saturated carbocycles. The monoisotopic (exact) mass is 758 g/mol. The molecule has 2 amide bonds. The number of hydrogen-bond acceptors (Lipinski definition) is 9. The van der Waals surface area contributed by atoms with E-state index in [9.17, 15) is 9.59 Å². The number of aryl methyl sites for hydroxylation is 1. The Morgan fingerprint density at radius 3 is 2.16 bits per heavy atom. The first-order valence-electron chi connectivity index (χ1n) is 20.7. The molecule has 4 aliphatic rings. The predicted molar refractivity (Wildman–Crippen MR) is 222 cm³/mol. The Morgan fingerprint density at radius 1 is 1.00 bits per heavy atom. The third kappa shape index (κ3) is 8.50. The summed E-state index contributed by atoms with van der Waals surface area (Å²) in [6, 6.07) is 0.0604. The van der Waals surface area contributed by atoms with Crippen molar-refractivity contribution in [2.75, 3.05) is 50.7 Å². The molecule has 1 aromatic rings. The highest BCUT2D eigenvalue weighted by Gasteiger charge is 2.76. The number of aromatic nitrogens is 2. The maximum atomic E-state index is 13.7. The second-order valence-corrected chi connectivity index (χ2v) is 16.4. The molecular formula is C44H67N7O4. The van der Waals surface area contributed by atoms with Crippen molar-refractivity contribution in [2.24, 2.45) is 22.7 Å². The molecule has 0 aromatic carbocycles. The Kier molecular flexibility index (Phi) is 13.2. The summed E-state index contributed by atoms with van der Waals surface area (Å²) < 4.78 is 12.4. The van der Waals surface area contributed by atoms with E-state index < -0.39 is 11.2 Å². The number of carbonyl (C=O) groups is 2. The highest BCUT2D eigenvalue weighted by molar-refractivity contribution is 6.03. The zero-order valence-corrected chi connectivity index (χ0v) is 35.6. The third-order valence-electron chi connectivity index (χ3n) is 13.0. The molecule has 5 unspecified atom stereocenters. The quantitative estimate of drug-likeness (QED) is 0.145. The maximum absolute atomic E-state index is 13.7. The van der Waals surface area contributed by atoms with Gasteiger partial charge in [0.05, 0.1) is 5.69 Å². The highest BCUT2D eigenvalue weighted by Crippen LogP contribution is 2.59. The standard InChI is InChI=1S/C44H67N7O4/c1-13-17-18-37(35-19-20-35)39-32(8)46-28-47-40(39)48-21-23-49(24-22-48)41(52)54-43(11)34(10)44(43,12)55-42(53)50-25-26-51(30(6)27-50)33(9)38(31(7)45-16-4)36(15-3)29(5)14-2/h15-16,18,28-30,34-35H,4,13-14,17,19-27H2,1-3,5-12H3/b36-15-,37-18-,38-33-,45-31?. The number of carbonyl (C=O) groups excluding carboxylic acids is 2. The van der Waals surface area contributed by atoms with Crippen molar-refractivity contribution < 1.29 is 19.1 Å². The molecule has 1 aromatic heterocycles. The molecule has 2 aliphatic heterocycles. The van der Waals surface area contributed by atoms with Crippen molar-refractivity contribution in [3.05, 3.63) is 59.4 Å². The first kappa shape index (κ1) is 42.0. The molecule has 5 rings (SSSR count). The molecule has 0 spiro atoms. The van der Waals surface area contributed by atoms with Crippen molar-refractivity contribution in [2.45, 2.75) is 126 Å². The number of hydrogen-bond donors (Lipinski definition) is 0. The van der Waals surface area contributed by atoms with Crippen LogP contribution in [0.1, 0.15) is 113 Å². The molecule has 11 nitrogen and oxygen atoms in total. The van der Waals surface area contributed by atoms with Crippen LogP contribution in [0.3, 0.4) is 0 Å². The lowest BCUT2D eigenvalue weighted by molar-refractivity contribution is -0.0211. The van der Waals surface area contributed by atoms with E-state index in [-0.39, 0.29) is 24.1 Å². The first-order valence-corrected chi connectivity index (χ1v) is 20.7. The Labute approximate surface area is 330 Å². The molecular weight excluding hydrogens is 691 g/mol. The van der Waals surface area contributed by atoms with Gasteiger partial charge in [0.15, 0.2) is 11.2 Å². The molecule has 55 heavy (non-hydrogen) atoms. The van der Waals surface area contributed by atoms with Crippen molar-refractivity contribution in [3.63, 3.8) is 0 Å². The Hall–Kier alpha value is -4.15. The Balaban J connectivity index is 1.20. The van der Waals surface area contributed by atoms with Crippen LogP contribution in [0.25, 0.3) is 5.57 Å². The van der Waals surface area contributed by atoms with Crippen LogP contribution in [-0.2, 0) is 9.47 Å². The molecule has 2 saturated heterocycles. The second kappa shape index (κ2) is 17.3. The van der Waals surface area contributed by atoms with Crippen LogP contribution in [0.5, 0.6) is 0 Å². The Morgan fingerprint density at radius 2 is 1.62 bits per heavy atom. The van der Waals surface area contributed by atoms with Crippen LogP contribution in [0.2, 0.25) is 0 Å². The molecule has 0 bridgehead atoms. The number of nitrogens with zero attached hydrogens (tertiary/aromatic N) is 7. The van der Waals surface area contributed by atoms with E-state index in [1.807, 2.05) is 27.7 Å². The minimum absolute atomic E-state index is 0.0604. The van der Waals surface area contributed by atoms with Gasteiger partial charge in [0, 0.05) is 86.5 Å². The lowest BCUT2D eigenvalue weighted by atomic mass is 9.87. The van der Waals surface area contributed by atoms with E-state index in [1.165, 1.54) is 24.0 Å². The van der Waals surface area contributed by atoms with E-state index in [2.05, 4.69) is 87.0 Å². The summed E-state index contributed by atoms with van der Waals surface area (Å²) in [5, 5.41) is 0. The van der Waals surface area contributed by atoms with Gasteiger partial charge in [0.1, 0.15) is 12.1 Å². The number of unbranched alkanes of at least 4 members (excludes halogenated alkanes) is 1. The zero-order valence-electron chi connectivity index (χ0n) is 35.6. The smallest absolute Gasteiger partial charge is 0.410 e. The lowest BCUT2D eigenvalue weighted by Gasteiger charge is -2.42. The SMILES string of the molecule is C=CN=C(C)C(/C(=C\C)C(C)CC)=C(\C)N1CCN(C(=O)OC2(C)C(C)C2(C)OC(=O)N2CCN(c3ncnc(C)c3/C(=C\CCC)C3CC3)CC2)CC1C. The topological polar surface area (TPSA) is 104 Å². The number of anilines is 1. The molecule has 5 atom stereocenters. The van der Waals surface area contributed by atoms with Gasteiger partial charge in [0.25, 0.3) is 0 Å². The van der Waals surface area contributed by atoms with Gasteiger partial charge >= 0.3 is 12.2 Å². The molecule has 2 aliphatic carbocycles. The molecule has 0 N–H and O–H groups in total. The summed E-state index contributed by atoms with van der Waals surface area (Å²) in [5.41, 5.74) is 6.20. The average molecular weight is 758 g/mol. The summed E-state index contributed by atoms with van der Waals surface area (Å²) in [7, 11) is 0. The van der Waals surface area contributed by atoms with Crippen LogP contribution in [0.4, 0.5) is 15.4 Å². The maximum Gasteiger partial charge on any atom is 0.410 e. The fraction of sp³-hybridized carbons (Fsp3) is 0.659. The van der Waals surface area contributed by atoms with Crippen LogP contribution in [-0.4, -0.2) is 106 Å². The first-order chi connectivity index (χ1) is 26.2. The molecule has 0 radical (unpaired) electrons. The number of piperazine rings is 2. The van der Waals surface area contributed by atoms with Crippen LogP contribution in [0.15, 0.2) is 53.1 Å². The van der Waals surface area contributed by atoms with Gasteiger partial charge in [-0.15, -0.1) is 0 Å². The summed E-state index contributed by atoms with van der Waals surface area (Å²) in [6.45, 7) is 30.8. The van der Waals surface area contributed by atoms with Crippen LogP contribution < -0.4 is 4.90 Å². The van der Waals surface area contributed by atoms with Crippen molar-refractivity contribution in [1.82, 2.24) is 24.7 Å². The van der Waals surface area contributed by atoms with Gasteiger partial charge in [-0.2, -0.15) is 0 Å². The van der Waals surface area contributed by atoms with E-state index >= 15 is 0 Å². The van der Waals surface area contributed by atoms with Gasteiger partial charge < -0.3 is 29.1 Å². The van der Waals surface area contributed by atoms with Crippen LogP contribution in [0, 0.1) is 24.7 Å². The largest absolute Gasteiger partial charge is 0.438 e. The molecule has 3 heterocycles. The fourth-order valence-corrected chi connectivity index (χ4v) is 8.70. The lowest BCUT2D eigenvalue weighted by Crippen LogP contribution is -2.54. The molecule has 11 heteroatoms. The Bertz CT molecular complexity index is 1720. The average Bonchev–Trinajstić information content (AvgIpc) is 4.08. The second-order valence-electron chi connectivity index (χ2n) is 16.4. The summed E-state index contributed by atoms with van der Waals surface area (Å²) in [5.74, 6) is 1.77. The summed E-state index contributed by atoms with van der Waals surface area (Å²) in [4.78, 5) is 49.5. The third-order valence-corrected chi connectivity index (χ3v) is 13.0. The van der Waals surface area contributed by atoms with Crippen molar-refractivity contribution in [1.29, 1.82) is 0 Å². The fourth-order valence-electron chi connectivity index (χ4n) is 8.70. The number of rotatable bonds is 13. The van der Waals surface area contributed by atoms with Gasteiger partial charge in [-0.05, 0) is 97.1 Å². The van der Waals surface area contributed by atoms with E-state index in [0.29, 0.717) is 57.6 Å². The van der Waals surface area contributed by atoms with Crippen molar-refractivity contribution in [3.8, 4) is 0 Å². The number of aliphatic imine (C=N–C) groups is 1. The van der Waals surface area contributed by atoms with E-state index in [0.717, 1.165) is 53.3 Å². The van der Waals surface area contributed by atoms with E-state index in [4.69, 9.17) is 14.5 Å². The van der Waals surface area contributed by atoms with E-state index in [1.54, 1.807) is 22.3 Å². The highest BCUT2D eigenvalue weighted by atomic mass is 16.6. The minimum atomic E-state index is -0.933. The zero-order chi connectivity index (χ0) is 40.2. The molecule has 302 valence electrons. The molecule has 4 fully saturated rings. The summed E-state index contributed by atoms with van der Waals surface area (Å²) in [6.07, 6.45) is 12.7. The van der Waals surface area contributed by atoms with Gasteiger partial charge in [-0.3, -0.25) is 4.99 Å².